The summed E-state index contributed by atoms with van der Waals surface area (Å²) in [6.07, 6.45) is 0. The Morgan fingerprint density at radius 3 is 0.139 bits per heavy atom. The van der Waals surface area contributed by atoms with E-state index in [9.17, 15) is 0 Å². The summed E-state index contributed by atoms with van der Waals surface area (Å²) < 4.78 is 154. The zero-order chi connectivity index (χ0) is 72.7. The molecule has 0 aliphatic carbocycles. The topological polar surface area (TPSA) is 1340 Å². The van der Waals surface area contributed by atoms with Crippen LogP contribution in [-0.4, -0.2) is 585 Å². The smallest absolute Gasteiger partial charge is 0.822 e. The Hall–Kier alpha value is 17.0. The summed E-state index contributed by atoms with van der Waals surface area (Å²) in [5.41, 5.74) is 0. The molecular weight excluding hydrogens is 2640 g/mol. The summed E-state index contributed by atoms with van der Waals surface area (Å²) in [7, 11) is -81.2. The zero-order valence-electron chi connectivity index (χ0n) is 47.7. The predicted molar refractivity (Wildman–Crippen MR) is 213 cm³/mol. The van der Waals surface area contributed by atoms with E-state index in [1.165, 1.54) is 0 Å². The molecule has 101 heteroatoms. The van der Waals surface area contributed by atoms with E-state index in [-0.39, 0.29) is 600 Å². The van der Waals surface area contributed by atoms with Crippen LogP contribution in [0, 0.1) is 0 Å². The van der Waals surface area contributed by atoms with Gasteiger partial charge in [0.2, 0.25) is 0 Å². The van der Waals surface area contributed by atoms with Gasteiger partial charge in [0.05, 0.1) is 0 Å². The van der Waals surface area contributed by atoms with E-state index in [2.05, 4.69) is 0 Å². The van der Waals surface area contributed by atoms with Crippen LogP contribution in [0.2, 0.25) is 0 Å². The van der Waals surface area contributed by atoms with Crippen molar-refractivity contribution in [3.05, 3.63) is 0 Å². The van der Waals surface area contributed by atoms with E-state index in [0.29, 0.717) is 0 Å². The normalized spacial score (nSPS) is 7.40. The molecule has 0 radical (unpaired) electrons. The molecule has 0 spiro atoms. The molecule has 0 aromatic rings. The molecule has 0 saturated heterocycles. The first kappa shape index (κ1) is 252. The summed E-state index contributed by atoms with van der Waals surface area (Å²) in [6, 6.07) is 0. The molecule has 101 heavy (non-hydrogen) atoms. The first-order chi connectivity index (χ1) is 33.6. The van der Waals surface area contributed by atoms with Gasteiger partial charge in [0.1, 0.15) is 0 Å². The fourth-order valence-electron chi connectivity index (χ4n) is 0. The summed E-state index contributed by atoms with van der Waals surface area (Å²) in [6.45, 7) is 0. The van der Waals surface area contributed by atoms with Gasteiger partial charge in [-0.2, -0.15) is 70.4 Å². The third-order valence-corrected chi connectivity index (χ3v) is 0. The number of phosphoric acid groups is 9. The van der Waals surface area contributed by atoms with Crippen LogP contribution in [0.4, 0.5) is 0 Å². The van der Waals surface area contributed by atoms with Gasteiger partial charge in [-0.1, -0.05) is 0 Å². The Bertz CT molecular complexity index is 1550. The van der Waals surface area contributed by atoms with Gasteiger partial charge < -0.3 is 300 Å². The van der Waals surface area contributed by atoms with Crippen molar-refractivity contribution >= 4 is 656 Å². The third-order valence-electron chi connectivity index (χ3n) is 0. The molecule has 0 bridgehead atoms. The van der Waals surface area contributed by atoms with Crippen molar-refractivity contribution in [3.63, 3.8) is 0 Å². The van der Waals surface area contributed by atoms with Crippen molar-refractivity contribution in [2.75, 3.05) is 0 Å². The van der Waals surface area contributed by atoms with E-state index in [1.807, 2.05) is 0 Å². The maximum Gasteiger partial charge on any atom is 3.00 e. The Balaban J connectivity index is -0.0000000114. The van der Waals surface area contributed by atoms with E-state index in [1.54, 1.807) is 0 Å². The standard InChI is InChI=1S/5Al.5Ca.9H3O4P.9O3Si.5Sr.5Zn/c;;;;;;;;;;9*1-5(2,3)4;9*1-4(2)3;;;;;;;;;;/h;;;;;;;;;;9*(H3,1,2,3,4);;;;;;;;;;;;;;;;;;;/q5*+3;5*+2;;;;;;;;;;9*-2;10*+2/p-27. The minimum atomic E-state index is -5.39. The minimum absolute atomic E-state index is 0. The second-order valence-electron chi connectivity index (χ2n) is 6.27. The van der Waals surface area contributed by atoms with Crippen molar-refractivity contribution in [1.29, 1.82) is 0 Å². The summed E-state index contributed by atoms with van der Waals surface area (Å²) in [4.78, 5) is 384. The predicted octanol–water partition coefficient (Wildman–Crippen LogP) is -57.0. The molecule has 504 valence electrons. The average molecular weight is 2640 g/mol. The number of hydrogen-bond acceptors (Lipinski definition) is 63. The maximum absolute atomic E-state index is 8.55. The molecule has 0 rings (SSSR count). The van der Waals surface area contributed by atoms with Crippen LogP contribution in [0.3, 0.4) is 0 Å². The summed E-state index contributed by atoms with van der Waals surface area (Å²) in [5.74, 6) is 0. The second kappa shape index (κ2) is 164. The van der Waals surface area contributed by atoms with Gasteiger partial charge in [-0.3, -0.25) is 0 Å². The molecule has 0 aliphatic rings. The van der Waals surface area contributed by atoms with Crippen molar-refractivity contribution in [2.24, 2.45) is 0 Å². The Labute approximate surface area is 1030 Å². The van der Waals surface area contributed by atoms with E-state index < -0.39 is 153 Å². The monoisotopic (exact) mass is 2630 g/mol. The molecule has 0 fully saturated rings. The first-order valence-corrected chi connectivity index (χ1v) is 36.3. The van der Waals surface area contributed by atoms with Gasteiger partial charge in [0.25, 0.3) is 0 Å². The maximum atomic E-state index is 8.55. The average Bonchev–Trinajstić information content (AvgIpc) is 2.85. The Kier molecular flexibility index (Phi) is 410. The van der Waals surface area contributed by atoms with Crippen LogP contribution in [0.5, 0.6) is 0 Å². The molecule has 0 atom stereocenters. The first-order valence-electron chi connectivity index (χ1n) is 12.1. The summed E-state index contributed by atoms with van der Waals surface area (Å²) >= 11 is 0. The molecule has 0 aromatic carbocycles. The van der Waals surface area contributed by atoms with Crippen molar-refractivity contribution in [3.8, 4) is 0 Å². The van der Waals surface area contributed by atoms with E-state index in [4.69, 9.17) is 300 Å². The van der Waals surface area contributed by atoms with Crippen LogP contribution in [0.1, 0.15) is 0 Å². The molecule has 0 aliphatic heterocycles. The molecule has 63 nitrogen and oxygen atoms in total. The van der Waals surface area contributed by atoms with Crippen LogP contribution < -0.4 is 218 Å². The Morgan fingerprint density at radius 2 is 0.139 bits per heavy atom. The minimum Gasteiger partial charge on any atom is -0.822 e. The Morgan fingerprint density at radius 1 is 0.139 bits per heavy atom. The van der Waals surface area contributed by atoms with Crippen molar-refractivity contribution < 1.29 is 397 Å². The van der Waals surface area contributed by atoms with Crippen molar-refractivity contribution in [1.82, 2.24) is 0 Å². The van der Waals surface area contributed by atoms with Gasteiger partial charge in [-0.25, -0.2) is 0 Å². The van der Waals surface area contributed by atoms with Crippen LogP contribution in [0.25, 0.3) is 0 Å². The molecule has 0 heterocycles. The molecule has 0 amide bonds. The van der Waals surface area contributed by atoms with Gasteiger partial charge >= 0.3 is 600 Å². The fraction of sp³-hybridized carbons (Fsp3) is 0. The van der Waals surface area contributed by atoms with Crippen LogP contribution in [-0.2, 0) is 179 Å². The van der Waals surface area contributed by atoms with Crippen LogP contribution in [0.15, 0.2) is 0 Å². The number of hydrogen-bond donors (Lipinski definition) is 0. The quantitative estimate of drug-likeness (QED) is 0.160. The molecule has 0 N–H and O–H groups in total. The SMILES string of the molecule is O=P([O-])([O-])[O-].O=P([O-])([O-])[O-].O=P([O-])([O-])[O-].O=P([O-])([O-])[O-].O=P([O-])([O-])[O-].O=P([O-])([O-])[O-].O=P([O-])([O-])[O-].O=P([O-])([O-])[O-].O=P([O-])([O-])[O-].O=[Si]([O-])[O-].O=[Si]([O-])[O-].O=[Si]([O-])[O-].O=[Si]([O-])[O-].O=[Si]([O-])[O-].O=[Si]([O-])[O-].O=[Si]([O-])[O-].O=[Si]([O-])[O-].O=[Si]([O-])[O-].[Al+3].[Al+3].[Al+3].[Al+3].[Al+3].[Ca+2].[Ca+2].[Ca+2].[Ca+2].[Ca+2].[Sr+2].[Sr+2].[Sr+2].[Sr+2].[Sr+2].[Zn+2].[Zn+2].[Zn+2].[Zn+2].[Zn+2]. The molecular formula is Al5Ca5O63P9Si9Sr5Zn5. The molecule has 0 saturated carbocycles. The largest absolute Gasteiger partial charge is 3.00 e. The zero-order valence-corrected chi connectivity index (χ0v) is 114. The summed E-state index contributed by atoms with van der Waals surface area (Å²) in [5, 5.41) is 0. The van der Waals surface area contributed by atoms with E-state index >= 15 is 0 Å². The molecule has 0 unspecified atom stereocenters. The van der Waals surface area contributed by atoms with Gasteiger partial charge in [0.15, 0.2) is 0 Å². The van der Waals surface area contributed by atoms with Crippen LogP contribution >= 0.6 is 70.4 Å². The second-order valence-corrected chi connectivity index (χ2v) is 18.8. The van der Waals surface area contributed by atoms with E-state index in [0.717, 1.165) is 0 Å². The van der Waals surface area contributed by atoms with Gasteiger partial charge in [-0.05, 0) is 0 Å². The van der Waals surface area contributed by atoms with Gasteiger partial charge in [-0.15, -0.1) is 0 Å². The third kappa shape index (κ3) is 5340. The molecule has 0 aromatic heterocycles. The number of rotatable bonds is 0. The van der Waals surface area contributed by atoms with Gasteiger partial charge in [0, 0.05) is 82.5 Å². The fourth-order valence-corrected chi connectivity index (χ4v) is 0. The van der Waals surface area contributed by atoms with Crippen molar-refractivity contribution in [2.45, 2.75) is 0 Å².